The SMILES string of the molecule is CO[C@@H]1O[C@H](CO)[C@@H](O[C@@H]2O[C@H](CO)[C@@H](O[C@@H]3O[C@H](C)[C@@H](N[C@@H]4C=C(CO)[C@@H](O)[C@H](O)[C@H]4O)[C@H](O)[C@H]3O)[C@H](O)[C@H]2O)[C@H](O)[C@H]1O. The van der Waals surface area contributed by atoms with Crippen molar-refractivity contribution in [3.05, 3.63) is 11.6 Å². The summed E-state index contributed by atoms with van der Waals surface area (Å²) >= 11 is 0. The summed E-state index contributed by atoms with van der Waals surface area (Å²) in [7, 11) is 1.21. The Morgan fingerprint density at radius 2 is 1.13 bits per heavy atom. The third-order valence-corrected chi connectivity index (χ3v) is 8.69. The largest absolute Gasteiger partial charge is 0.394 e. The minimum Gasteiger partial charge on any atom is -0.394 e. The van der Waals surface area contributed by atoms with Crippen LogP contribution in [0.3, 0.4) is 0 Å². The van der Waals surface area contributed by atoms with Gasteiger partial charge in [-0.25, -0.2) is 0 Å². The lowest BCUT2D eigenvalue weighted by molar-refractivity contribution is -0.375. The number of ether oxygens (including phenoxy) is 6. The molecule has 0 bridgehead atoms. The lowest BCUT2D eigenvalue weighted by Crippen LogP contribution is -2.68. The first-order chi connectivity index (χ1) is 21.3. The summed E-state index contributed by atoms with van der Waals surface area (Å²) in [5.41, 5.74) is 0.0286. The van der Waals surface area contributed by atoms with Crippen LogP contribution >= 0.6 is 0 Å². The van der Waals surface area contributed by atoms with Gasteiger partial charge < -0.3 is 95.0 Å². The fourth-order valence-electron chi connectivity index (χ4n) is 5.99. The quantitative estimate of drug-likeness (QED) is 0.0968. The van der Waals surface area contributed by atoms with E-state index in [1.165, 1.54) is 20.1 Å². The summed E-state index contributed by atoms with van der Waals surface area (Å²) in [6, 6.07) is -2.15. The summed E-state index contributed by atoms with van der Waals surface area (Å²) in [6.07, 6.45) is -25.2. The number of aliphatic hydroxyl groups excluding tert-OH is 12. The maximum absolute atomic E-state index is 10.9. The third-order valence-electron chi connectivity index (χ3n) is 8.69. The van der Waals surface area contributed by atoms with Crippen molar-refractivity contribution in [3.8, 4) is 0 Å². The number of hydrogen-bond donors (Lipinski definition) is 13. The fraction of sp³-hybridized carbons (Fsp3) is 0.923. The molecule has 0 aromatic carbocycles. The predicted octanol–water partition coefficient (Wildman–Crippen LogP) is -7.91. The van der Waals surface area contributed by atoms with E-state index < -0.39 is 136 Å². The van der Waals surface area contributed by atoms with E-state index in [-0.39, 0.29) is 5.57 Å². The molecule has 3 heterocycles. The summed E-state index contributed by atoms with van der Waals surface area (Å²) in [5, 5.41) is 127. The van der Waals surface area contributed by atoms with Gasteiger partial charge in [-0.2, -0.15) is 0 Å². The number of hydrogen-bond acceptors (Lipinski definition) is 19. The molecule has 13 N–H and O–H groups in total. The van der Waals surface area contributed by atoms with Gasteiger partial charge in [0.1, 0.15) is 79.4 Å². The van der Waals surface area contributed by atoms with Crippen molar-refractivity contribution in [1.29, 1.82) is 0 Å². The predicted molar refractivity (Wildman–Crippen MR) is 143 cm³/mol. The van der Waals surface area contributed by atoms with Crippen LogP contribution in [0.4, 0.5) is 0 Å². The van der Waals surface area contributed by atoms with Gasteiger partial charge in [-0.05, 0) is 12.5 Å². The summed E-state index contributed by atoms with van der Waals surface area (Å²) in [6.45, 7) is -0.630. The molecule has 0 radical (unpaired) electrons. The molecule has 4 aliphatic rings. The maximum Gasteiger partial charge on any atom is 0.187 e. The molecule has 0 saturated carbocycles. The highest BCUT2D eigenvalue weighted by Gasteiger charge is 2.53. The van der Waals surface area contributed by atoms with Gasteiger partial charge in [0.2, 0.25) is 0 Å². The Morgan fingerprint density at radius 3 is 1.64 bits per heavy atom. The molecule has 3 fully saturated rings. The van der Waals surface area contributed by atoms with Gasteiger partial charge in [0, 0.05) is 7.11 Å². The fourth-order valence-corrected chi connectivity index (χ4v) is 5.99. The standard InChI is InChI=1S/C26H45NO18/c1-7-12(27-9-3-8(4-28)13(31)16(34)14(9)32)15(33)19(37)25(41-7)44-23-11(6-30)43-26(21(39)18(23)36)45-22-10(5-29)42-24(40-2)20(38)17(22)35/h3,7,9-39H,4-6H2,1-2H3/t7-,9-,10-,11-,12-,13-,14+,15+,16+,17-,18-,19-,20-,21-,22-,23-,24-,25+,26+/m1/s1. The van der Waals surface area contributed by atoms with E-state index in [1.54, 1.807) is 0 Å². The Balaban J connectivity index is 1.42. The van der Waals surface area contributed by atoms with Crippen LogP contribution in [0.5, 0.6) is 0 Å². The molecule has 0 spiro atoms. The van der Waals surface area contributed by atoms with E-state index in [4.69, 9.17) is 28.4 Å². The Bertz CT molecular complexity index is 974. The first-order valence-corrected chi connectivity index (χ1v) is 14.5. The van der Waals surface area contributed by atoms with Crippen molar-refractivity contribution in [2.45, 2.75) is 123 Å². The molecule has 19 heteroatoms. The Morgan fingerprint density at radius 1 is 0.644 bits per heavy atom. The van der Waals surface area contributed by atoms with Crippen LogP contribution in [0.15, 0.2) is 11.6 Å². The van der Waals surface area contributed by atoms with Gasteiger partial charge in [0.05, 0.1) is 38.0 Å². The molecule has 0 aromatic rings. The second-order valence-corrected chi connectivity index (χ2v) is 11.6. The smallest absolute Gasteiger partial charge is 0.187 e. The second-order valence-electron chi connectivity index (χ2n) is 11.6. The van der Waals surface area contributed by atoms with Crippen molar-refractivity contribution in [3.63, 3.8) is 0 Å². The van der Waals surface area contributed by atoms with E-state index in [0.29, 0.717) is 0 Å². The zero-order valence-corrected chi connectivity index (χ0v) is 24.5. The van der Waals surface area contributed by atoms with Crippen molar-refractivity contribution >= 4 is 0 Å². The maximum atomic E-state index is 10.9. The molecule has 0 aromatic heterocycles. The summed E-state index contributed by atoms with van der Waals surface area (Å²) in [5.74, 6) is 0. The molecule has 4 rings (SSSR count). The Hall–Kier alpha value is -1.02. The zero-order valence-electron chi connectivity index (χ0n) is 24.5. The number of rotatable bonds is 10. The van der Waals surface area contributed by atoms with Crippen molar-refractivity contribution in [2.75, 3.05) is 26.9 Å². The van der Waals surface area contributed by atoms with E-state index in [2.05, 4.69) is 5.32 Å². The van der Waals surface area contributed by atoms with Gasteiger partial charge in [0.15, 0.2) is 18.9 Å². The zero-order chi connectivity index (χ0) is 33.3. The molecule has 19 nitrogen and oxygen atoms in total. The molecule has 45 heavy (non-hydrogen) atoms. The van der Waals surface area contributed by atoms with Gasteiger partial charge >= 0.3 is 0 Å². The van der Waals surface area contributed by atoms with Crippen LogP contribution in [0, 0.1) is 0 Å². The van der Waals surface area contributed by atoms with Crippen molar-refractivity contribution in [1.82, 2.24) is 5.32 Å². The third kappa shape index (κ3) is 7.37. The number of nitrogens with one attached hydrogen (secondary N) is 1. The topological polar surface area (TPSA) is 310 Å². The minimum absolute atomic E-state index is 0.0286. The molecule has 1 aliphatic carbocycles. The van der Waals surface area contributed by atoms with Crippen molar-refractivity contribution in [2.24, 2.45) is 0 Å². The van der Waals surface area contributed by atoms with Gasteiger partial charge in [-0.1, -0.05) is 6.08 Å². The van der Waals surface area contributed by atoms with Gasteiger partial charge in [0.25, 0.3) is 0 Å². The highest BCUT2D eigenvalue weighted by Crippen LogP contribution is 2.33. The Labute approximate surface area is 257 Å². The number of aliphatic hydroxyl groups is 12. The van der Waals surface area contributed by atoms with Gasteiger partial charge in [-0.15, -0.1) is 0 Å². The van der Waals surface area contributed by atoms with E-state index in [1.807, 2.05) is 0 Å². The second kappa shape index (κ2) is 15.5. The molecule has 262 valence electrons. The van der Waals surface area contributed by atoms with E-state index in [0.717, 1.165) is 0 Å². The lowest BCUT2D eigenvalue weighted by Gasteiger charge is -2.48. The minimum atomic E-state index is -1.90. The lowest BCUT2D eigenvalue weighted by atomic mass is 9.86. The van der Waals surface area contributed by atoms with E-state index >= 15 is 0 Å². The molecule has 19 atom stereocenters. The molecular weight excluding hydrogens is 614 g/mol. The monoisotopic (exact) mass is 659 g/mol. The highest BCUT2D eigenvalue weighted by molar-refractivity contribution is 5.22. The van der Waals surface area contributed by atoms with Crippen LogP contribution in [0.1, 0.15) is 6.92 Å². The average Bonchev–Trinajstić information content (AvgIpc) is 3.03. The first kappa shape index (κ1) is 36.8. The van der Waals surface area contributed by atoms with Crippen LogP contribution in [-0.4, -0.2) is 205 Å². The Kier molecular flexibility index (Phi) is 12.7. The molecule has 0 unspecified atom stereocenters. The molecule has 3 saturated heterocycles. The molecule has 0 amide bonds. The van der Waals surface area contributed by atoms with Crippen LogP contribution in [0.25, 0.3) is 0 Å². The first-order valence-electron chi connectivity index (χ1n) is 14.5. The molecule has 3 aliphatic heterocycles. The van der Waals surface area contributed by atoms with Crippen LogP contribution < -0.4 is 5.32 Å². The van der Waals surface area contributed by atoms with Crippen LogP contribution in [0.2, 0.25) is 0 Å². The van der Waals surface area contributed by atoms with E-state index in [9.17, 15) is 61.3 Å². The average molecular weight is 660 g/mol. The van der Waals surface area contributed by atoms with Crippen molar-refractivity contribution < 1.29 is 89.7 Å². The highest BCUT2D eigenvalue weighted by atomic mass is 16.8. The molecular formula is C26H45NO18. The van der Waals surface area contributed by atoms with Crippen LogP contribution in [-0.2, 0) is 28.4 Å². The normalized spacial score (nSPS) is 51.2. The van der Waals surface area contributed by atoms with Gasteiger partial charge in [-0.3, -0.25) is 0 Å². The summed E-state index contributed by atoms with van der Waals surface area (Å²) in [4.78, 5) is 0. The summed E-state index contributed by atoms with van der Waals surface area (Å²) < 4.78 is 32.9. The number of methoxy groups -OCH3 is 1.